The lowest BCUT2D eigenvalue weighted by atomic mass is 10.1. The second kappa shape index (κ2) is 6.28. The van der Waals surface area contributed by atoms with E-state index in [0.29, 0.717) is 19.0 Å². The smallest absolute Gasteiger partial charge is 0.410 e. The third-order valence-electron chi connectivity index (χ3n) is 3.21. The van der Waals surface area contributed by atoms with E-state index in [-0.39, 0.29) is 12.2 Å². The molecular formula is C15H23N3O3. The van der Waals surface area contributed by atoms with Crippen molar-refractivity contribution in [2.24, 2.45) is 0 Å². The third-order valence-corrected chi connectivity index (χ3v) is 3.21. The van der Waals surface area contributed by atoms with Gasteiger partial charge in [0.15, 0.2) is 0 Å². The van der Waals surface area contributed by atoms with Crippen molar-refractivity contribution in [3.8, 4) is 5.88 Å². The van der Waals surface area contributed by atoms with Crippen molar-refractivity contribution < 1.29 is 14.3 Å². The van der Waals surface area contributed by atoms with Crippen molar-refractivity contribution in [2.75, 3.05) is 13.1 Å². The number of rotatable bonds is 2. The molecule has 1 aliphatic heterocycles. The van der Waals surface area contributed by atoms with Gasteiger partial charge in [0.05, 0.1) is 5.69 Å². The van der Waals surface area contributed by atoms with Gasteiger partial charge in [-0.1, -0.05) is 0 Å². The van der Waals surface area contributed by atoms with Gasteiger partial charge in [-0.3, -0.25) is 4.98 Å². The van der Waals surface area contributed by atoms with Gasteiger partial charge in [-0.2, -0.15) is 0 Å². The number of carbonyl (C=O) groups excluding carboxylic acids is 1. The minimum Gasteiger partial charge on any atom is -0.473 e. The first kappa shape index (κ1) is 15.5. The van der Waals surface area contributed by atoms with Crippen LogP contribution in [0.15, 0.2) is 12.4 Å². The molecule has 0 radical (unpaired) electrons. The Balaban J connectivity index is 1.83. The summed E-state index contributed by atoms with van der Waals surface area (Å²) in [4.78, 5) is 22.0. The highest BCUT2D eigenvalue weighted by Crippen LogP contribution is 2.20. The van der Waals surface area contributed by atoms with E-state index in [1.165, 1.54) is 0 Å². The maximum atomic E-state index is 12.0. The molecule has 0 N–H and O–H groups in total. The number of hydrogen-bond donors (Lipinski definition) is 0. The van der Waals surface area contributed by atoms with Crippen molar-refractivity contribution >= 4 is 6.09 Å². The van der Waals surface area contributed by atoms with Gasteiger partial charge in [-0.15, -0.1) is 0 Å². The summed E-state index contributed by atoms with van der Waals surface area (Å²) in [7, 11) is 0. The molecule has 1 aliphatic rings. The Kier molecular flexibility index (Phi) is 4.65. The first-order valence-corrected chi connectivity index (χ1v) is 7.27. The van der Waals surface area contributed by atoms with E-state index in [2.05, 4.69) is 9.97 Å². The summed E-state index contributed by atoms with van der Waals surface area (Å²) in [6.45, 7) is 8.77. The van der Waals surface area contributed by atoms with Crippen LogP contribution in [-0.4, -0.2) is 45.8 Å². The molecule has 116 valence electrons. The number of likely N-dealkylation sites (tertiary alicyclic amines) is 1. The molecule has 1 amide bonds. The Morgan fingerprint density at radius 3 is 2.43 bits per heavy atom. The largest absolute Gasteiger partial charge is 0.473 e. The summed E-state index contributed by atoms with van der Waals surface area (Å²) in [6.07, 6.45) is 4.63. The summed E-state index contributed by atoms with van der Waals surface area (Å²) >= 11 is 0. The molecule has 0 aliphatic carbocycles. The van der Waals surface area contributed by atoms with Crippen LogP contribution >= 0.6 is 0 Å². The zero-order chi connectivity index (χ0) is 15.5. The molecule has 2 rings (SSSR count). The molecule has 1 aromatic rings. The highest BCUT2D eigenvalue weighted by molar-refractivity contribution is 5.68. The lowest BCUT2D eigenvalue weighted by Crippen LogP contribution is -2.44. The van der Waals surface area contributed by atoms with Crippen LogP contribution < -0.4 is 4.74 Å². The second-order valence-electron chi connectivity index (χ2n) is 6.23. The van der Waals surface area contributed by atoms with E-state index < -0.39 is 5.60 Å². The molecule has 6 heteroatoms. The zero-order valence-corrected chi connectivity index (χ0v) is 13.1. The fourth-order valence-corrected chi connectivity index (χ4v) is 2.15. The highest BCUT2D eigenvalue weighted by atomic mass is 16.6. The molecule has 0 bridgehead atoms. The molecule has 1 saturated heterocycles. The quantitative estimate of drug-likeness (QED) is 0.838. The molecule has 1 fully saturated rings. The second-order valence-corrected chi connectivity index (χ2v) is 6.23. The Labute approximate surface area is 125 Å². The fourth-order valence-electron chi connectivity index (χ4n) is 2.15. The van der Waals surface area contributed by atoms with Crippen molar-refractivity contribution in [3.05, 3.63) is 18.1 Å². The lowest BCUT2D eigenvalue weighted by Gasteiger charge is -2.33. The molecule has 0 unspecified atom stereocenters. The molecule has 6 nitrogen and oxygen atoms in total. The van der Waals surface area contributed by atoms with Crippen LogP contribution in [0.25, 0.3) is 0 Å². The average molecular weight is 293 g/mol. The normalized spacial score (nSPS) is 16.7. The van der Waals surface area contributed by atoms with Crippen LogP contribution in [0.2, 0.25) is 0 Å². The summed E-state index contributed by atoms with van der Waals surface area (Å²) in [5, 5.41) is 0. The zero-order valence-electron chi connectivity index (χ0n) is 13.1. The van der Waals surface area contributed by atoms with Crippen molar-refractivity contribution in [1.29, 1.82) is 0 Å². The Hall–Kier alpha value is -1.85. The van der Waals surface area contributed by atoms with E-state index in [9.17, 15) is 4.79 Å². The maximum Gasteiger partial charge on any atom is 0.410 e. The van der Waals surface area contributed by atoms with Crippen LogP contribution in [0, 0.1) is 6.92 Å². The minimum atomic E-state index is -0.457. The number of nitrogens with zero attached hydrogens (tertiary/aromatic N) is 3. The molecule has 0 spiro atoms. The molecule has 0 atom stereocenters. The highest BCUT2D eigenvalue weighted by Gasteiger charge is 2.28. The topological polar surface area (TPSA) is 64.6 Å². The van der Waals surface area contributed by atoms with Gasteiger partial charge in [0.25, 0.3) is 0 Å². The van der Waals surface area contributed by atoms with E-state index in [1.807, 2.05) is 27.7 Å². The summed E-state index contributed by atoms with van der Waals surface area (Å²) < 4.78 is 11.2. The first-order chi connectivity index (χ1) is 9.85. The number of piperidine rings is 1. The summed E-state index contributed by atoms with van der Waals surface area (Å²) in [6, 6.07) is 0. The maximum absolute atomic E-state index is 12.0. The van der Waals surface area contributed by atoms with E-state index >= 15 is 0 Å². The molecule has 2 heterocycles. The standard InChI is InChI=1S/C15H23N3O3/c1-11-13(17-8-7-16-11)20-12-5-9-18(10-6-12)14(19)21-15(2,3)4/h7-8,12H,5-6,9-10H2,1-4H3. The van der Waals surface area contributed by atoms with E-state index in [1.54, 1.807) is 17.3 Å². The van der Waals surface area contributed by atoms with Gasteiger partial charge in [0, 0.05) is 38.3 Å². The Bertz CT molecular complexity index is 491. The predicted octanol–water partition coefficient (Wildman–Crippen LogP) is 2.56. The van der Waals surface area contributed by atoms with Crippen LogP contribution in [0.5, 0.6) is 5.88 Å². The predicted molar refractivity (Wildman–Crippen MR) is 78.2 cm³/mol. The third kappa shape index (κ3) is 4.58. The van der Waals surface area contributed by atoms with Gasteiger partial charge in [0.2, 0.25) is 5.88 Å². The monoisotopic (exact) mass is 293 g/mol. The van der Waals surface area contributed by atoms with Crippen LogP contribution in [-0.2, 0) is 4.74 Å². The SMILES string of the molecule is Cc1nccnc1OC1CCN(C(=O)OC(C)(C)C)CC1. The summed E-state index contributed by atoms with van der Waals surface area (Å²) in [5.74, 6) is 0.577. The fraction of sp³-hybridized carbons (Fsp3) is 0.667. The van der Waals surface area contributed by atoms with Crippen LogP contribution in [0.3, 0.4) is 0 Å². The lowest BCUT2D eigenvalue weighted by molar-refractivity contribution is 0.0122. The van der Waals surface area contributed by atoms with Crippen molar-refractivity contribution in [3.63, 3.8) is 0 Å². The van der Waals surface area contributed by atoms with E-state index in [4.69, 9.17) is 9.47 Å². The van der Waals surface area contributed by atoms with Gasteiger partial charge in [-0.25, -0.2) is 9.78 Å². The molecule has 1 aromatic heterocycles. The molecule has 0 saturated carbocycles. The number of carbonyl (C=O) groups is 1. The molecular weight excluding hydrogens is 270 g/mol. The van der Waals surface area contributed by atoms with Crippen molar-refractivity contribution in [2.45, 2.75) is 52.2 Å². The number of amides is 1. The van der Waals surface area contributed by atoms with Gasteiger partial charge >= 0.3 is 6.09 Å². The van der Waals surface area contributed by atoms with Gasteiger partial charge < -0.3 is 14.4 Å². The Morgan fingerprint density at radius 2 is 1.86 bits per heavy atom. The van der Waals surface area contributed by atoms with Gasteiger partial charge in [-0.05, 0) is 27.7 Å². The number of aryl methyl sites for hydroxylation is 1. The number of ether oxygens (including phenoxy) is 2. The van der Waals surface area contributed by atoms with Crippen LogP contribution in [0.4, 0.5) is 4.79 Å². The van der Waals surface area contributed by atoms with E-state index in [0.717, 1.165) is 18.5 Å². The number of aromatic nitrogens is 2. The first-order valence-electron chi connectivity index (χ1n) is 7.27. The summed E-state index contributed by atoms with van der Waals surface area (Å²) in [5.41, 5.74) is 0.327. The van der Waals surface area contributed by atoms with Crippen molar-refractivity contribution in [1.82, 2.24) is 14.9 Å². The van der Waals surface area contributed by atoms with Crippen LogP contribution in [0.1, 0.15) is 39.3 Å². The Morgan fingerprint density at radius 1 is 1.24 bits per heavy atom. The molecule has 21 heavy (non-hydrogen) atoms. The minimum absolute atomic E-state index is 0.0686. The number of hydrogen-bond acceptors (Lipinski definition) is 5. The average Bonchev–Trinajstić information content (AvgIpc) is 2.40. The van der Waals surface area contributed by atoms with Gasteiger partial charge in [0.1, 0.15) is 11.7 Å². The molecule has 0 aromatic carbocycles.